The highest BCUT2D eigenvalue weighted by atomic mass is 16.1. The zero-order valence-corrected chi connectivity index (χ0v) is 4.72. The molecule has 1 rings (SSSR count). The Hall–Kier alpha value is -0.920. The number of rotatable bonds is 1. The molecular weight excluding hydrogens is 102 g/mol. The average Bonchev–Trinajstić information content (AvgIpc) is 2.14. The van der Waals surface area contributed by atoms with E-state index in [9.17, 15) is 4.79 Å². The summed E-state index contributed by atoms with van der Waals surface area (Å²) >= 11 is 0. The molecule has 0 aromatic rings. The summed E-state index contributed by atoms with van der Waals surface area (Å²) in [6, 6.07) is 0. The van der Waals surface area contributed by atoms with Crippen LogP contribution in [0.15, 0.2) is 16.6 Å². The molecule has 0 fully saturated rings. The lowest BCUT2D eigenvalue weighted by Crippen LogP contribution is -1.82. The molecule has 8 heavy (non-hydrogen) atoms. The molecule has 0 saturated heterocycles. The molecule has 0 radical (unpaired) electrons. The van der Waals surface area contributed by atoms with Crippen LogP contribution in [0.25, 0.3) is 0 Å². The summed E-state index contributed by atoms with van der Waals surface area (Å²) in [5.74, 6) is 0. The van der Waals surface area contributed by atoms with Crippen molar-refractivity contribution in [2.75, 3.05) is 6.54 Å². The summed E-state index contributed by atoms with van der Waals surface area (Å²) in [4.78, 5) is 14.0. The maximum atomic E-state index is 10.0. The van der Waals surface area contributed by atoms with Gasteiger partial charge in [-0.05, 0) is 13.0 Å². The molecule has 0 atom stereocenters. The van der Waals surface area contributed by atoms with E-state index in [-0.39, 0.29) is 0 Å². The van der Waals surface area contributed by atoms with Crippen LogP contribution in [0.3, 0.4) is 0 Å². The molecule has 0 aliphatic carbocycles. The summed E-state index contributed by atoms with van der Waals surface area (Å²) in [5, 5.41) is 0. The third-order valence-electron chi connectivity index (χ3n) is 1.06. The molecule has 2 heteroatoms. The number of aliphatic imine (C=N–C) groups is 1. The number of hydrogen-bond acceptors (Lipinski definition) is 2. The second-order valence-electron chi connectivity index (χ2n) is 1.79. The highest BCUT2D eigenvalue weighted by Gasteiger charge is 2.00. The van der Waals surface area contributed by atoms with Gasteiger partial charge in [-0.3, -0.25) is 9.79 Å². The monoisotopic (exact) mass is 109 g/mol. The van der Waals surface area contributed by atoms with Gasteiger partial charge in [0.25, 0.3) is 0 Å². The van der Waals surface area contributed by atoms with Gasteiger partial charge in [0, 0.05) is 11.3 Å². The first-order valence-corrected chi connectivity index (χ1v) is 2.50. The number of allylic oxidation sites excluding steroid dienone is 1. The zero-order valence-electron chi connectivity index (χ0n) is 4.72. The van der Waals surface area contributed by atoms with E-state index < -0.39 is 0 Å². The van der Waals surface area contributed by atoms with Crippen LogP contribution < -0.4 is 0 Å². The van der Waals surface area contributed by atoms with Crippen LogP contribution in [0, 0.1) is 0 Å². The Morgan fingerprint density at radius 1 is 1.88 bits per heavy atom. The molecule has 0 amide bonds. The summed E-state index contributed by atoms with van der Waals surface area (Å²) in [6.45, 7) is 2.46. The Morgan fingerprint density at radius 2 is 2.62 bits per heavy atom. The highest BCUT2D eigenvalue weighted by molar-refractivity contribution is 6.00. The Morgan fingerprint density at radius 3 is 2.88 bits per heavy atom. The molecular formula is C6H7NO. The van der Waals surface area contributed by atoms with Gasteiger partial charge in [-0.15, -0.1) is 0 Å². The van der Waals surface area contributed by atoms with E-state index in [1.165, 1.54) is 0 Å². The second-order valence-corrected chi connectivity index (χ2v) is 1.79. The van der Waals surface area contributed by atoms with Crippen molar-refractivity contribution >= 4 is 12.0 Å². The van der Waals surface area contributed by atoms with E-state index in [0.717, 1.165) is 17.6 Å². The van der Waals surface area contributed by atoms with Gasteiger partial charge in [0.05, 0.1) is 6.54 Å². The summed E-state index contributed by atoms with van der Waals surface area (Å²) in [6.07, 6.45) is 2.65. The lowest BCUT2D eigenvalue weighted by atomic mass is 10.3. The van der Waals surface area contributed by atoms with Crippen molar-refractivity contribution in [3.05, 3.63) is 11.6 Å². The molecule has 1 heterocycles. The van der Waals surface area contributed by atoms with Gasteiger partial charge in [-0.25, -0.2) is 0 Å². The lowest BCUT2D eigenvalue weighted by molar-refractivity contribution is -0.104. The van der Waals surface area contributed by atoms with E-state index in [0.29, 0.717) is 6.54 Å². The normalized spacial score (nSPS) is 17.6. The van der Waals surface area contributed by atoms with Gasteiger partial charge >= 0.3 is 0 Å². The van der Waals surface area contributed by atoms with E-state index in [2.05, 4.69) is 4.99 Å². The van der Waals surface area contributed by atoms with Crippen molar-refractivity contribution in [2.45, 2.75) is 6.92 Å². The fourth-order valence-corrected chi connectivity index (χ4v) is 0.647. The Labute approximate surface area is 47.9 Å². The van der Waals surface area contributed by atoms with Gasteiger partial charge in [0.2, 0.25) is 0 Å². The van der Waals surface area contributed by atoms with E-state index >= 15 is 0 Å². The molecule has 1 aliphatic heterocycles. The van der Waals surface area contributed by atoms with Crippen LogP contribution in [0.1, 0.15) is 6.92 Å². The van der Waals surface area contributed by atoms with E-state index in [1.807, 2.05) is 6.92 Å². The molecule has 0 aromatic carbocycles. The highest BCUT2D eigenvalue weighted by Crippen LogP contribution is 2.00. The number of aldehydes is 1. The Bertz CT molecular complexity index is 167. The van der Waals surface area contributed by atoms with Crippen molar-refractivity contribution < 1.29 is 4.79 Å². The third-order valence-corrected chi connectivity index (χ3v) is 1.06. The van der Waals surface area contributed by atoms with Gasteiger partial charge in [0.1, 0.15) is 6.29 Å². The predicted molar refractivity (Wildman–Crippen MR) is 32.1 cm³/mol. The summed E-state index contributed by atoms with van der Waals surface area (Å²) < 4.78 is 0. The summed E-state index contributed by atoms with van der Waals surface area (Å²) in [7, 11) is 0. The lowest BCUT2D eigenvalue weighted by Gasteiger charge is -1.77. The quantitative estimate of drug-likeness (QED) is 0.453. The van der Waals surface area contributed by atoms with Crippen molar-refractivity contribution in [1.29, 1.82) is 0 Å². The minimum Gasteiger partial charge on any atom is -0.298 e. The van der Waals surface area contributed by atoms with Gasteiger partial charge in [-0.1, -0.05) is 0 Å². The molecule has 0 saturated carbocycles. The largest absolute Gasteiger partial charge is 0.298 e. The van der Waals surface area contributed by atoms with Gasteiger partial charge < -0.3 is 0 Å². The molecule has 42 valence electrons. The van der Waals surface area contributed by atoms with Crippen LogP contribution >= 0.6 is 0 Å². The third kappa shape index (κ3) is 0.832. The predicted octanol–water partition coefficient (Wildman–Crippen LogP) is 0.586. The zero-order chi connectivity index (χ0) is 5.98. The first-order chi connectivity index (χ1) is 3.83. The Balaban J connectivity index is 2.69. The summed E-state index contributed by atoms with van der Waals surface area (Å²) in [5.41, 5.74) is 1.73. The molecule has 0 aromatic heterocycles. The van der Waals surface area contributed by atoms with Gasteiger partial charge in [-0.2, -0.15) is 0 Å². The first kappa shape index (κ1) is 5.22. The fourth-order valence-electron chi connectivity index (χ4n) is 0.647. The standard InChI is InChI=1S/C6H7NO/c1-5-2-6(4-8)3-7-5/h2,4H,3H2,1H3. The number of carbonyl (C=O) groups is 1. The first-order valence-electron chi connectivity index (χ1n) is 2.50. The van der Waals surface area contributed by atoms with Crippen molar-refractivity contribution in [3.8, 4) is 0 Å². The maximum absolute atomic E-state index is 10.0. The van der Waals surface area contributed by atoms with Crippen LogP contribution in [-0.2, 0) is 4.79 Å². The molecule has 2 nitrogen and oxygen atoms in total. The van der Waals surface area contributed by atoms with Crippen molar-refractivity contribution in [1.82, 2.24) is 0 Å². The SMILES string of the molecule is CC1=NCC(C=O)=C1. The molecule has 0 N–H and O–H groups in total. The smallest absolute Gasteiger partial charge is 0.147 e. The second kappa shape index (κ2) is 1.90. The minimum atomic E-state index is 0.579. The number of hydrogen-bond donors (Lipinski definition) is 0. The Kier molecular flexibility index (Phi) is 1.24. The van der Waals surface area contributed by atoms with Crippen LogP contribution in [-0.4, -0.2) is 18.5 Å². The topological polar surface area (TPSA) is 29.4 Å². The molecule has 0 spiro atoms. The van der Waals surface area contributed by atoms with Crippen LogP contribution in [0.4, 0.5) is 0 Å². The average molecular weight is 109 g/mol. The maximum Gasteiger partial charge on any atom is 0.147 e. The van der Waals surface area contributed by atoms with Crippen molar-refractivity contribution in [2.24, 2.45) is 4.99 Å². The molecule has 0 bridgehead atoms. The minimum absolute atomic E-state index is 0.579. The molecule has 1 aliphatic rings. The molecule has 0 unspecified atom stereocenters. The van der Waals surface area contributed by atoms with E-state index in [1.54, 1.807) is 6.08 Å². The van der Waals surface area contributed by atoms with Crippen molar-refractivity contribution in [3.63, 3.8) is 0 Å². The van der Waals surface area contributed by atoms with E-state index in [4.69, 9.17) is 0 Å². The number of carbonyl (C=O) groups excluding carboxylic acids is 1. The van der Waals surface area contributed by atoms with Crippen LogP contribution in [0.5, 0.6) is 0 Å². The number of nitrogens with zero attached hydrogens (tertiary/aromatic N) is 1. The van der Waals surface area contributed by atoms with Crippen LogP contribution in [0.2, 0.25) is 0 Å². The fraction of sp³-hybridized carbons (Fsp3) is 0.333. The van der Waals surface area contributed by atoms with Gasteiger partial charge in [0.15, 0.2) is 0 Å².